The molecule has 1 aliphatic heterocycles. The normalized spacial score (nSPS) is 26.2. The number of benzene rings is 1. The first-order chi connectivity index (χ1) is 16.9. The van der Waals surface area contributed by atoms with Crippen LogP contribution in [0.2, 0.25) is 0 Å². The zero-order valence-electron chi connectivity index (χ0n) is 20.3. The summed E-state index contributed by atoms with van der Waals surface area (Å²) in [7, 11) is 0. The lowest BCUT2D eigenvalue weighted by Crippen LogP contribution is -2.35. The standard InChI is InChI=1S/C24H28F3N5O3S/c1-11-17(21-31-14-7-5-6-8-16(14)36-21)20(32-22(29-11)28-10-24(25,26)27)30-15-9-13(12(2)33)18-19(15)35-23(3,4)34-18/h5-8,12-13,15,18-19,33H,9-10H2,1-4H3,(H2,28,29,30,32)/t12?,13-,15-,18-,19+/m1/s1. The van der Waals surface area contributed by atoms with E-state index in [-0.39, 0.29) is 30.1 Å². The van der Waals surface area contributed by atoms with Gasteiger partial charge in [-0.2, -0.15) is 18.2 Å². The minimum atomic E-state index is -4.42. The number of rotatable bonds is 6. The van der Waals surface area contributed by atoms with Crippen molar-refractivity contribution < 1.29 is 27.8 Å². The van der Waals surface area contributed by atoms with Crippen molar-refractivity contribution in [2.45, 2.75) is 70.4 Å². The molecule has 12 heteroatoms. The van der Waals surface area contributed by atoms with Gasteiger partial charge in [-0.25, -0.2) is 9.97 Å². The highest BCUT2D eigenvalue weighted by atomic mass is 32.1. The van der Waals surface area contributed by atoms with Crippen LogP contribution in [0.3, 0.4) is 0 Å². The summed E-state index contributed by atoms with van der Waals surface area (Å²) in [4.78, 5) is 13.5. The second-order valence-corrected chi connectivity index (χ2v) is 10.8. The van der Waals surface area contributed by atoms with E-state index in [0.717, 1.165) is 10.2 Å². The summed E-state index contributed by atoms with van der Waals surface area (Å²) in [6.07, 6.45) is -5.20. The lowest BCUT2D eigenvalue weighted by Gasteiger charge is -2.26. The van der Waals surface area contributed by atoms with E-state index >= 15 is 0 Å². The topological polar surface area (TPSA) is 101 Å². The highest BCUT2D eigenvalue weighted by molar-refractivity contribution is 7.21. The fourth-order valence-corrected chi connectivity index (χ4v) is 6.04. The van der Waals surface area contributed by atoms with Gasteiger partial charge < -0.3 is 25.2 Å². The Morgan fingerprint density at radius 3 is 2.58 bits per heavy atom. The van der Waals surface area contributed by atoms with E-state index in [2.05, 4.69) is 20.6 Å². The Hall–Kier alpha value is -2.54. The summed E-state index contributed by atoms with van der Waals surface area (Å²) in [5, 5.41) is 16.7. The van der Waals surface area contributed by atoms with Gasteiger partial charge in [-0.1, -0.05) is 12.1 Å². The van der Waals surface area contributed by atoms with Crippen LogP contribution in [0.15, 0.2) is 24.3 Å². The lowest BCUT2D eigenvalue weighted by molar-refractivity contribution is -0.161. The zero-order valence-corrected chi connectivity index (χ0v) is 21.1. The first-order valence-corrected chi connectivity index (χ1v) is 12.6. The Morgan fingerprint density at radius 1 is 1.17 bits per heavy atom. The average Bonchev–Trinajstić information content (AvgIpc) is 3.42. The average molecular weight is 524 g/mol. The Labute approximate surface area is 210 Å². The van der Waals surface area contributed by atoms with Crippen molar-refractivity contribution >= 4 is 33.3 Å². The maximum atomic E-state index is 12.9. The number of para-hydroxylation sites is 1. The van der Waals surface area contributed by atoms with Gasteiger partial charge in [0.25, 0.3) is 0 Å². The number of fused-ring (bicyclic) bond motifs is 2. The zero-order chi connectivity index (χ0) is 25.8. The van der Waals surface area contributed by atoms with Gasteiger partial charge in [0, 0.05) is 5.92 Å². The van der Waals surface area contributed by atoms with Crippen molar-refractivity contribution in [3.05, 3.63) is 30.0 Å². The number of ether oxygens (including phenoxy) is 2. The summed E-state index contributed by atoms with van der Waals surface area (Å²) in [5.41, 5.74) is 1.91. The van der Waals surface area contributed by atoms with Crippen molar-refractivity contribution in [2.75, 3.05) is 17.2 Å². The number of hydrogen-bond donors (Lipinski definition) is 3. The van der Waals surface area contributed by atoms with E-state index in [0.29, 0.717) is 28.5 Å². The Bertz CT molecular complexity index is 1230. The molecule has 3 heterocycles. The number of nitrogens with zero attached hydrogens (tertiary/aromatic N) is 3. The summed E-state index contributed by atoms with van der Waals surface area (Å²) in [5.74, 6) is -0.775. The molecule has 3 N–H and O–H groups in total. The molecule has 1 aliphatic carbocycles. The number of thiazole rings is 1. The molecule has 2 fully saturated rings. The van der Waals surface area contributed by atoms with Gasteiger partial charge in [0.15, 0.2) is 5.79 Å². The van der Waals surface area contributed by atoms with Gasteiger partial charge in [0.05, 0.1) is 39.7 Å². The van der Waals surface area contributed by atoms with E-state index in [1.807, 2.05) is 38.1 Å². The van der Waals surface area contributed by atoms with Gasteiger partial charge in [-0.3, -0.25) is 0 Å². The molecule has 1 saturated heterocycles. The molecule has 5 rings (SSSR count). The van der Waals surface area contributed by atoms with Crippen LogP contribution in [0, 0.1) is 12.8 Å². The minimum Gasteiger partial charge on any atom is -0.393 e. The van der Waals surface area contributed by atoms with Crippen LogP contribution in [0.5, 0.6) is 0 Å². The SMILES string of the molecule is Cc1nc(NCC(F)(F)F)nc(N[C@@H]2C[C@H](C(C)O)[C@H]3OC(C)(C)O[C@H]32)c1-c1nc2ccccc2s1. The molecule has 1 saturated carbocycles. The van der Waals surface area contributed by atoms with Crippen molar-refractivity contribution in [3.8, 4) is 10.6 Å². The third-order valence-electron chi connectivity index (χ3n) is 6.49. The van der Waals surface area contributed by atoms with Gasteiger partial charge in [-0.05, 0) is 46.2 Å². The highest BCUT2D eigenvalue weighted by Gasteiger charge is 2.55. The van der Waals surface area contributed by atoms with Crippen molar-refractivity contribution in [1.29, 1.82) is 0 Å². The van der Waals surface area contributed by atoms with E-state index in [4.69, 9.17) is 14.5 Å². The first-order valence-electron chi connectivity index (χ1n) is 11.8. The van der Waals surface area contributed by atoms with E-state index in [1.165, 1.54) is 11.3 Å². The van der Waals surface area contributed by atoms with Gasteiger partial charge in [0.2, 0.25) is 5.95 Å². The summed E-state index contributed by atoms with van der Waals surface area (Å²) in [6.45, 7) is 5.83. The van der Waals surface area contributed by atoms with Gasteiger partial charge in [-0.15, -0.1) is 11.3 Å². The number of anilines is 2. The molecular formula is C24H28F3N5O3S. The van der Waals surface area contributed by atoms with Crippen LogP contribution < -0.4 is 10.6 Å². The summed E-state index contributed by atoms with van der Waals surface area (Å²) >= 11 is 1.46. The highest BCUT2D eigenvalue weighted by Crippen LogP contribution is 2.45. The first kappa shape index (κ1) is 25.1. The smallest absolute Gasteiger partial charge is 0.393 e. The van der Waals surface area contributed by atoms with Crippen molar-refractivity contribution in [2.24, 2.45) is 5.92 Å². The van der Waals surface area contributed by atoms with E-state index in [9.17, 15) is 18.3 Å². The molecule has 3 aromatic rings. The number of nitrogens with one attached hydrogen (secondary N) is 2. The Kier molecular flexibility index (Phi) is 6.34. The number of halogens is 3. The number of aliphatic hydroxyl groups excluding tert-OH is 1. The monoisotopic (exact) mass is 523 g/mol. The van der Waals surface area contributed by atoms with Crippen molar-refractivity contribution in [1.82, 2.24) is 15.0 Å². The molecule has 36 heavy (non-hydrogen) atoms. The molecule has 8 nitrogen and oxygen atoms in total. The Balaban J connectivity index is 1.54. The number of aromatic nitrogens is 3. The number of alkyl halides is 3. The largest absolute Gasteiger partial charge is 0.405 e. The van der Waals surface area contributed by atoms with Crippen LogP contribution in [0.1, 0.15) is 32.9 Å². The molecule has 194 valence electrons. The fraction of sp³-hybridized carbons (Fsp3) is 0.542. The molecule has 0 bridgehead atoms. The van der Waals surface area contributed by atoms with Crippen LogP contribution in [-0.2, 0) is 9.47 Å². The lowest BCUT2D eigenvalue weighted by atomic mass is 9.99. The molecule has 0 amide bonds. The summed E-state index contributed by atoms with van der Waals surface area (Å²) < 4.78 is 51.9. The molecule has 1 aromatic carbocycles. The third kappa shape index (κ3) is 4.99. The van der Waals surface area contributed by atoms with Gasteiger partial charge >= 0.3 is 6.18 Å². The van der Waals surface area contributed by atoms with Crippen LogP contribution in [0.25, 0.3) is 20.8 Å². The van der Waals surface area contributed by atoms with Crippen LogP contribution in [0.4, 0.5) is 24.9 Å². The number of aryl methyl sites for hydroxylation is 1. The molecule has 0 spiro atoms. The fourth-order valence-electron chi connectivity index (χ4n) is 4.98. The second-order valence-electron chi connectivity index (χ2n) is 9.77. The molecular weight excluding hydrogens is 495 g/mol. The minimum absolute atomic E-state index is 0.136. The van der Waals surface area contributed by atoms with Crippen LogP contribution in [-0.4, -0.2) is 62.9 Å². The maximum absolute atomic E-state index is 12.9. The summed E-state index contributed by atoms with van der Waals surface area (Å²) in [6, 6.07) is 7.38. The Morgan fingerprint density at radius 2 is 1.89 bits per heavy atom. The predicted octanol–water partition coefficient (Wildman–Crippen LogP) is 4.74. The van der Waals surface area contributed by atoms with E-state index < -0.39 is 24.6 Å². The van der Waals surface area contributed by atoms with Crippen LogP contribution >= 0.6 is 11.3 Å². The quantitative estimate of drug-likeness (QED) is 0.426. The molecule has 0 radical (unpaired) electrons. The predicted molar refractivity (Wildman–Crippen MR) is 131 cm³/mol. The maximum Gasteiger partial charge on any atom is 0.405 e. The third-order valence-corrected chi connectivity index (χ3v) is 7.55. The van der Waals surface area contributed by atoms with Crippen molar-refractivity contribution in [3.63, 3.8) is 0 Å². The number of aliphatic hydroxyl groups is 1. The number of hydrogen-bond acceptors (Lipinski definition) is 9. The molecule has 2 aromatic heterocycles. The molecule has 2 aliphatic rings. The molecule has 5 atom stereocenters. The van der Waals surface area contributed by atoms with E-state index in [1.54, 1.807) is 13.8 Å². The second kappa shape index (κ2) is 9.09. The molecule has 1 unspecified atom stereocenters. The van der Waals surface area contributed by atoms with Gasteiger partial charge in [0.1, 0.15) is 23.5 Å².